The predicted octanol–water partition coefficient (Wildman–Crippen LogP) is 2.03. The summed E-state index contributed by atoms with van der Waals surface area (Å²) in [5.41, 5.74) is -0.0499. The van der Waals surface area contributed by atoms with Gasteiger partial charge in [-0.2, -0.15) is 0 Å². The van der Waals surface area contributed by atoms with Crippen molar-refractivity contribution in [3.63, 3.8) is 0 Å². The molecule has 4 rings (SSSR count). The monoisotopic (exact) mass is 289 g/mol. The van der Waals surface area contributed by atoms with E-state index < -0.39 is 0 Å². The van der Waals surface area contributed by atoms with Gasteiger partial charge in [0, 0.05) is 38.5 Å². The minimum absolute atomic E-state index is 0.0499. The van der Waals surface area contributed by atoms with Gasteiger partial charge in [0.05, 0.1) is 18.3 Å². The first-order valence-electron chi connectivity index (χ1n) is 8.11. The van der Waals surface area contributed by atoms with E-state index in [-0.39, 0.29) is 11.7 Å². The van der Waals surface area contributed by atoms with Crippen molar-refractivity contribution in [2.75, 3.05) is 31.2 Å². The Kier molecular flexibility index (Phi) is 3.55. The fraction of sp³-hybridized carbons (Fsp3) is 0.750. The Morgan fingerprint density at radius 3 is 3.00 bits per heavy atom. The lowest BCUT2D eigenvalue weighted by molar-refractivity contribution is -0.0131. The Bertz CT molecular complexity index is 480. The zero-order valence-electron chi connectivity index (χ0n) is 12.4. The summed E-state index contributed by atoms with van der Waals surface area (Å²) in [6.45, 7) is 3.58. The summed E-state index contributed by atoms with van der Waals surface area (Å²) in [6.07, 6.45) is 9.86. The summed E-state index contributed by atoms with van der Waals surface area (Å²) in [5.74, 6) is 1.64. The van der Waals surface area contributed by atoms with Crippen LogP contribution in [0.15, 0.2) is 18.5 Å². The molecule has 2 saturated heterocycles. The lowest BCUT2D eigenvalue weighted by Gasteiger charge is -2.39. The van der Waals surface area contributed by atoms with Crippen LogP contribution < -0.4 is 4.90 Å². The van der Waals surface area contributed by atoms with Gasteiger partial charge in [-0.05, 0) is 37.7 Å². The molecule has 5 heteroatoms. The maximum Gasteiger partial charge on any atom is 0.225 e. The van der Waals surface area contributed by atoms with Crippen LogP contribution in [0.2, 0.25) is 0 Å². The van der Waals surface area contributed by atoms with E-state index in [0.29, 0.717) is 0 Å². The summed E-state index contributed by atoms with van der Waals surface area (Å²) in [7, 11) is 0. The molecular formula is C16H23N3O2. The van der Waals surface area contributed by atoms with Crippen LogP contribution in [0.25, 0.3) is 0 Å². The number of hydrogen-bond acceptors (Lipinski definition) is 5. The molecule has 1 aromatic rings. The van der Waals surface area contributed by atoms with Crippen LogP contribution >= 0.6 is 0 Å². The highest BCUT2D eigenvalue weighted by Crippen LogP contribution is 2.37. The smallest absolute Gasteiger partial charge is 0.225 e. The summed E-state index contributed by atoms with van der Waals surface area (Å²) in [4.78, 5) is 11.0. The molecule has 1 saturated carbocycles. The largest absolute Gasteiger partial charge is 0.375 e. The maximum absolute atomic E-state index is 6.18. The number of piperidine rings is 1. The maximum atomic E-state index is 6.18. The number of hydrogen-bond donors (Lipinski definition) is 0. The first-order valence-corrected chi connectivity index (χ1v) is 8.11. The van der Waals surface area contributed by atoms with E-state index >= 15 is 0 Å². The Balaban J connectivity index is 1.38. The van der Waals surface area contributed by atoms with Gasteiger partial charge in [0.1, 0.15) is 0 Å². The van der Waals surface area contributed by atoms with Crippen molar-refractivity contribution in [2.45, 2.75) is 43.8 Å². The van der Waals surface area contributed by atoms with E-state index in [1.165, 1.54) is 12.8 Å². The van der Waals surface area contributed by atoms with E-state index in [1.54, 1.807) is 12.4 Å². The van der Waals surface area contributed by atoms with Crippen molar-refractivity contribution in [3.05, 3.63) is 18.5 Å². The molecule has 2 aliphatic heterocycles. The van der Waals surface area contributed by atoms with Crippen LogP contribution in [0, 0.1) is 5.92 Å². The van der Waals surface area contributed by atoms with Crippen molar-refractivity contribution in [1.29, 1.82) is 0 Å². The normalized spacial score (nSPS) is 32.8. The van der Waals surface area contributed by atoms with Crippen molar-refractivity contribution in [2.24, 2.45) is 5.92 Å². The highest BCUT2D eigenvalue weighted by molar-refractivity contribution is 5.31. The molecule has 0 unspecified atom stereocenters. The lowest BCUT2D eigenvalue weighted by atomic mass is 9.89. The molecule has 1 aliphatic carbocycles. The predicted molar refractivity (Wildman–Crippen MR) is 79.2 cm³/mol. The van der Waals surface area contributed by atoms with Crippen LogP contribution in [0.4, 0.5) is 5.95 Å². The average molecular weight is 289 g/mol. The minimum Gasteiger partial charge on any atom is -0.375 e. The molecule has 0 aromatic carbocycles. The quantitative estimate of drug-likeness (QED) is 0.849. The fourth-order valence-electron chi connectivity index (χ4n) is 3.47. The van der Waals surface area contributed by atoms with Crippen molar-refractivity contribution in [1.82, 2.24) is 9.97 Å². The Hall–Kier alpha value is -1.20. The second-order valence-corrected chi connectivity index (χ2v) is 6.67. The van der Waals surface area contributed by atoms with Crippen LogP contribution in [0.5, 0.6) is 0 Å². The molecule has 21 heavy (non-hydrogen) atoms. The minimum atomic E-state index is -0.0499. The molecule has 0 amide bonds. The topological polar surface area (TPSA) is 47.5 Å². The average Bonchev–Trinajstić information content (AvgIpc) is 3.29. The highest BCUT2D eigenvalue weighted by atomic mass is 16.6. The van der Waals surface area contributed by atoms with Gasteiger partial charge < -0.3 is 14.4 Å². The first-order chi connectivity index (χ1) is 10.3. The van der Waals surface area contributed by atoms with Crippen molar-refractivity contribution >= 4 is 5.95 Å². The van der Waals surface area contributed by atoms with Gasteiger partial charge in [0.2, 0.25) is 5.95 Å². The fourth-order valence-corrected chi connectivity index (χ4v) is 3.47. The molecule has 114 valence electrons. The highest BCUT2D eigenvalue weighted by Gasteiger charge is 2.44. The SMILES string of the molecule is c1cnc(N2CCC[C@]3(C[C@H](OCC4CC4)CO3)C2)nc1. The van der Waals surface area contributed by atoms with Crippen LogP contribution in [-0.4, -0.2) is 48.0 Å². The van der Waals surface area contributed by atoms with Gasteiger partial charge in [-0.25, -0.2) is 9.97 Å². The third-order valence-electron chi connectivity index (χ3n) is 4.81. The van der Waals surface area contributed by atoms with Crippen LogP contribution in [0.1, 0.15) is 32.1 Å². The molecule has 1 aromatic heterocycles. The number of rotatable bonds is 4. The lowest BCUT2D eigenvalue weighted by Crippen LogP contribution is -2.48. The molecule has 3 aliphatic rings. The molecule has 3 heterocycles. The van der Waals surface area contributed by atoms with Crippen LogP contribution in [-0.2, 0) is 9.47 Å². The molecular weight excluding hydrogens is 266 g/mol. The second-order valence-electron chi connectivity index (χ2n) is 6.67. The van der Waals surface area contributed by atoms with Crippen LogP contribution in [0.3, 0.4) is 0 Å². The Morgan fingerprint density at radius 2 is 2.19 bits per heavy atom. The number of ether oxygens (including phenoxy) is 2. The summed E-state index contributed by atoms with van der Waals surface area (Å²) < 4.78 is 12.2. The summed E-state index contributed by atoms with van der Waals surface area (Å²) in [6, 6.07) is 1.86. The Labute approximate surface area is 125 Å². The van der Waals surface area contributed by atoms with E-state index in [1.807, 2.05) is 6.07 Å². The van der Waals surface area contributed by atoms with Gasteiger partial charge in [0.25, 0.3) is 0 Å². The zero-order valence-corrected chi connectivity index (χ0v) is 12.4. The van der Waals surface area contributed by atoms with Gasteiger partial charge in [-0.15, -0.1) is 0 Å². The number of nitrogens with zero attached hydrogens (tertiary/aromatic N) is 3. The van der Waals surface area contributed by atoms with E-state index in [9.17, 15) is 0 Å². The third kappa shape index (κ3) is 3.04. The molecule has 5 nitrogen and oxygen atoms in total. The van der Waals surface area contributed by atoms with E-state index in [0.717, 1.165) is 57.4 Å². The number of aromatic nitrogens is 2. The van der Waals surface area contributed by atoms with Crippen molar-refractivity contribution < 1.29 is 9.47 Å². The molecule has 0 radical (unpaired) electrons. The molecule has 3 fully saturated rings. The van der Waals surface area contributed by atoms with E-state index in [4.69, 9.17) is 9.47 Å². The summed E-state index contributed by atoms with van der Waals surface area (Å²) >= 11 is 0. The standard InChI is InChI=1S/C16H23N3O2/c1-5-16(9-14(11-21-16)20-10-13-3-4-13)12-19(8-1)15-17-6-2-7-18-15/h2,6-7,13-14H,1,3-5,8-12H2/t14-,16-/m0/s1. The Morgan fingerprint density at radius 1 is 1.33 bits per heavy atom. The van der Waals surface area contributed by atoms with Crippen molar-refractivity contribution in [3.8, 4) is 0 Å². The third-order valence-corrected chi connectivity index (χ3v) is 4.81. The molecule has 0 N–H and O–H groups in total. The number of anilines is 1. The first kappa shape index (κ1) is 13.5. The van der Waals surface area contributed by atoms with Gasteiger partial charge in [-0.3, -0.25) is 0 Å². The zero-order chi connectivity index (χ0) is 14.1. The molecule has 0 bridgehead atoms. The molecule has 1 spiro atoms. The van der Waals surface area contributed by atoms with E-state index in [2.05, 4.69) is 14.9 Å². The second kappa shape index (κ2) is 5.54. The summed E-state index contributed by atoms with van der Waals surface area (Å²) in [5, 5.41) is 0. The molecule has 2 atom stereocenters. The van der Waals surface area contributed by atoms with Gasteiger partial charge >= 0.3 is 0 Å². The van der Waals surface area contributed by atoms with Gasteiger partial charge in [-0.1, -0.05) is 0 Å². The van der Waals surface area contributed by atoms with Gasteiger partial charge in [0.15, 0.2) is 0 Å².